The average molecular weight is 486 g/mol. The van der Waals surface area contributed by atoms with E-state index < -0.39 is 17.7 Å². The summed E-state index contributed by atoms with van der Waals surface area (Å²) < 4.78 is 21.7. The first-order chi connectivity index (χ1) is 17.4. The maximum atomic E-state index is 13.4. The predicted molar refractivity (Wildman–Crippen MR) is 131 cm³/mol. The molecule has 9 nitrogen and oxygen atoms in total. The number of anilines is 2. The lowest BCUT2D eigenvalue weighted by Crippen LogP contribution is -2.29. The molecule has 3 aromatic carbocycles. The Kier molecular flexibility index (Phi) is 4.99. The van der Waals surface area contributed by atoms with E-state index in [1.807, 2.05) is 43.3 Å². The molecule has 0 bridgehead atoms. The molecule has 3 aromatic rings. The van der Waals surface area contributed by atoms with E-state index in [2.05, 4.69) is 0 Å². The number of ketones is 1. The summed E-state index contributed by atoms with van der Waals surface area (Å²) in [7, 11) is 3.85. The first-order valence-electron chi connectivity index (χ1n) is 11.3. The van der Waals surface area contributed by atoms with Crippen molar-refractivity contribution in [2.75, 3.05) is 37.5 Å². The van der Waals surface area contributed by atoms with E-state index in [9.17, 15) is 14.7 Å². The van der Waals surface area contributed by atoms with Crippen LogP contribution in [0.5, 0.6) is 23.0 Å². The molecule has 0 aromatic heterocycles. The van der Waals surface area contributed by atoms with Crippen LogP contribution in [0.1, 0.15) is 17.2 Å². The summed E-state index contributed by atoms with van der Waals surface area (Å²) in [6.07, 6.45) is 0. The standard InChI is InChI=1S/C27H22N2O7/c1-28(2)17-6-3-15(4-7-17)24-23(25(30)16-5-9-19-21(11-16)35-13-33-19)26(31)27(32)29(24)18-8-10-20-22(12-18)36-14-34-20/h3-12,24,30H,13-14H2,1-2H3/b25-23+. The van der Waals surface area contributed by atoms with Gasteiger partial charge in [0.15, 0.2) is 23.0 Å². The monoisotopic (exact) mass is 486 g/mol. The average Bonchev–Trinajstić information content (AvgIpc) is 3.61. The number of aliphatic hydroxyl groups excluding tert-OH is 1. The number of benzene rings is 3. The van der Waals surface area contributed by atoms with Crippen LogP contribution in [0.25, 0.3) is 5.76 Å². The number of carbonyl (C=O) groups excluding carboxylic acids is 2. The summed E-state index contributed by atoms with van der Waals surface area (Å²) >= 11 is 0. The third kappa shape index (κ3) is 3.39. The first kappa shape index (κ1) is 21.8. The van der Waals surface area contributed by atoms with Gasteiger partial charge in [-0.05, 0) is 48.0 Å². The smallest absolute Gasteiger partial charge is 0.300 e. The van der Waals surface area contributed by atoms with Crippen LogP contribution in [-0.2, 0) is 9.59 Å². The zero-order valence-corrected chi connectivity index (χ0v) is 19.6. The van der Waals surface area contributed by atoms with Crippen LogP contribution in [0, 0.1) is 0 Å². The van der Waals surface area contributed by atoms with Crippen LogP contribution in [0.2, 0.25) is 0 Å². The fourth-order valence-corrected chi connectivity index (χ4v) is 4.60. The van der Waals surface area contributed by atoms with Crippen LogP contribution in [0.3, 0.4) is 0 Å². The van der Waals surface area contributed by atoms with Gasteiger partial charge in [-0.15, -0.1) is 0 Å². The molecule has 3 aliphatic rings. The lowest BCUT2D eigenvalue weighted by molar-refractivity contribution is -0.132. The maximum Gasteiger partial charge on any atom is 0.300 e. The summed E-state index contributed by atoms with van der Waals surface area (Å²) in [4.78, 5) is 30.1. The van der Waals surface area contributed by atoms with Crippen molar-refractivity contribution in [1.82, 2.24) is 0 Å². The number of nitrogens with zero attached hydrogens (tertiary/aromatic N) is 2. The fraction of sp³-hybridized carbons (Fsp3) is 0.185. The second kappa shape index (κ2) is 8.23. The van der Waals surface area contributed by atoms with Gasteiger partial charge in [-0.2, -0.15) is 0 Å². The van der Waals surface area contributed by atoms with Crippen LogP contribution < -0.4 is 28.7 Å². The molecule has 6 rings (SSSR count). The Morgan fingerprint density at radius 2 is 1.44 bits per heavy atom. The van der Waals surface area contributed by atoms with Crippen molar-refractivity contribution in [3.63, 3.8) is 0 Å². The number of hydrogen-bond donors (Lipinski definition) is 1. The van der Waals surface area contributed by atoms with E-state index in [1.165, 1.54) is 4.90 Å². The quantitative estimate of drug-likeness (QED) is 0.338. The summed E-state index contributed by atoms with van der Waals surface area (Å²) in [5.41, 5.74) is 2.40. The zero-order chi connectivity index (χ0) is 25.0. The SMILES string of the molecule is CN(C)c1ccc(C2/C(=C(\O)c3ccc4c(c3)OCO4)C(=O)C(=O)N2c2ccc3c(c2)OCO3)cc1. The molecular formula is C27H22N2O7. The third-order valence-electron chi connectivity index (χ3n) is 6.45. The van der Waals surface area contributed by atoms with Crippen molar-refractivity contribution in [3.05, 3.63) is 77.4 Å². The van der Waals surface area contributed by atoms with Gasteiger partial charge >= 0.3 is 0 Å². The minimum atomic E-state index is -0.869. The molecule has 1 N–H and O–H groups in total. The number of rotatable bonds is 4. The Bertz CT molecular complexity index is 1430. The van der Waals surface area contributed by atoms with Crippen molar-refractivity contribution in [1.29, 1.82) is 0 Å². The largest absolute Gasteiger partial charge is 0.507 e. The van der Waals surface area contributed by atoms with Gasteiger partial charge in [0.25, 0.3) is 11.7 Å². The highest BCUT2D eigenvalue weighted by atomic mass is 16.7. The molecule has 1 saturated heterocycles. The zero-order valence-electron chi connectivity index (χ0n) is 19.6. The van der Waals surface area contributed by atoms with Gasteiger partial charge in [0.05, 0.1) is 11.6 Å². The van der Waals surface area contributed by atoms with Crippen LogP contribution in [-0.4, -0.2) is 44.5 Å². The predicted octanol–water partition coefficient (Wildman–Crippen LogP) is 3.84. The number of Topliss-reactive ketones (excluding diaryl/α,β-unsaturated/α-hetero) is 1. The molecule has 1 unspecified atom stereocenters. The third-order valence-corrected chi connectivity index (χ3v) is 6.45. The number of amides is 1. The van der Waals surface area contributed by atoms with Gasteiger partial charge in [0, 0.05) is 37.1 Å². The molecule has 3 heterocycles. The molecule has 36 heavy (non-hydrogen) atoms. The van der Waals surface area contributed by atoms with Gasteiger partial charge in [-0.1, -0.05) is 12.1 Å². The number of hydrogen-bond acceptors (Lipinski definition) is 8. The second-order valence-corrected chi connectivity index (χ2v) is 8.76. The van der Waals surface area contributed by atoms with E-state index in [4.69, 9.17) is 18.9 Å². The second-order valence-electron chi connectivity index (χ2n) is 8.76. The van der Waals surface area contributed by atoms with E-state index in [0.29, 0.717) is 39.8 Å². The van der Waals surface area contributed by atoms with E-state index in [1.54, 1.807) is 36.4 Å². The molecule has 1 atom stereocenters. The molecule has 182 valence electrons. The summed E-state index contributed by atoms with van der Waals surface area (Å²) in [5.74, 6) is 0.201. The van der Waals surface area contributed by atoms with Crippen molar-refractivity contribution in [2.45, 2.75) is 6.04 Å². The topological polar surface area (TPSA) is 97.8 Å². The lowest BCUT2D eigenvalue weighted by Gasteiger charge is -2.26. The first-order valence-corrected chi connectivity index (χ1v) is 11.3. The highest BCUT2D eigenvalue weighted by molar-refractivity contribution is 6.51. The van der Waals surface area contributed by atoms with Gasteiger partial charge < -0.3 is 29.0 Å². The Balaban J connectivity index is 1.52. The van der Waals surface area contributed by atoms with Crippen LogP contribution in [0.15, 0.2) is 66.2 Å². The molecule has 9 heteroatoms. The number of fused-ring (bicyclic) bond motifs is 2. The van der Waals surface area contributed by atoms with Crippen molar-refractivity contribution in [3.8, 4) is 23.0 Å². The van der Waals surface area contributed by atoms with Gasteiger partial charge in [0.2, 0.25) is 13.6 Å². The molecule has 1 amide bonds. The summed E-state index contributed by atoms with van der Waals surface area (Å²) in [6, 6.07) is 16.6. The minimum absolute atomic E-state index is 0.0193. The van der Waals surface area contributed by atoms with Crippen LogP contribution >= 0.6 is 0 Å². The Morgan fingerprint density at radius 1 is 0.833 bits per heavy atom. The Labute approximate surface area is 206 Å². The van der Waals surface area contributed by atoms with Crippen molar-refractivity contribution >= 4 is 28.8 Å². The van der Waals surface area contributed by atoms with E-state index >= 15 is 0 Å². The molecular weight excluding hydrogens is 464 g/mol. The lowest BCUT2D eigenvalue weighted by atomic mass is 9.94. The number of carbonyl (C=O) groups is 2. The maximum absolute atomic E-state index is 13.4. The molecule has 0 spiro atoms. The van der Waals surface area contributed by atoms with Crippen LogP contribution in [0.4, 0.5) is 11.4 Å². The number of aliphatic hydroxyl groups is 1. The molecule has 0 saturated carbocycles. The summed E-state index contributed by atoms with van der Waals surface area (Å²) in [6.45, 7) is 0.156. The molecule has 1 fully saturated rings. The normalized spacial score (nSPS) is 19.2. The van der Waals surface area contributed by atoms with Gasteiger partial charge in [-0.3, -0.25) is 14.5 Å². The van der Waals surface area contributed by atoms with Crippen molar-refractivity contribution in [2.24, 2.45) is 0 Å². The highest BCUT2D eigenvalue weighted by Crippen LogP contribution is 2.45. The highest BCUT2D eigenvalue weighted by Gasteiger charge is 2.47. The molecule has 3 aliphatic heterocycles. The molecule has 0 radical (unpaired) electrons. The van der Waals surface area contributed by atoms with Gasteiger partial charge in [-0.25, -0.2) is 0 Å². The summed E-state index contributed by atoms with van der Waals surface area (Å²) in [5, 5.41) is 11.4. The van der Waals surface area contributed by atoms with E-state index in [-0.39, 0.29) is 24.9 Å². The van der Waals surface area contributed by atoms with Crippen molar-refractivity contribution < 1.29 is 33.6 Å². The van der Waals surface area contributed by atoms with E-state index in [0.717, 1.165) is 5.69 Å². The number of ether oxygens (including phenoxy) is 4. The Morgan fingerprint density at radius 3 is 2.11 bits per heavy atom. The fourth-order valence-electron chi connectivity index (χ4n) is 4.60. The minimum Gasteiger partial charge on any atom is -0.507 e. The van der Waals surface area contributed by atoms with Gasteiger partial charge in [0.1, 0.15) is 5.76 Å². The Hall–Kier alpha value is -4.66. The molecule has 0 aliphatic carbocycles.